The molecule has 0 saturated heterocycles. The summed E-state index contributed by atoms with van der Waals surface area (Å²) in [6.07, 6.45) is 0.607. The minimum absolute atomic E-state index is 0.390. The Morgan fingerprint density at radius 2 is 1.41 bits per heavy atom. The Bertz CT molecular complexity index is 1830. The average Bonchev–Trinajstić information content (AvgIpc) is 3.43. The van der Waals surface area contributed by atoms with E-state index in [1.807, 2.05) is 123 Å². The molecule has 0 aliphatic carbocycles. The molecular formula is C32H33BrN4O4. The maximum atomic E-state index is 13.1. The molecule has 0 radical (unpaired) electrons. The fourth-order valence-electron chi connectivity index (χ4n) is 4.70. The number of nitrogens with zero attached hydrogens (tertiary/aromatic N) is 4. The molecule has 2 heterocycles. The number of hydrogen-bond donors (Lipinski definition) is 0. The van der Waals surface area contributed by atoms with Gasteiger partial charge in [-0.1, -0.05) is 40.2 Å². The van der Waals surface area contributed by atoms with Gasteiger partial charge < -0.3 is 14.0 Å². The van der Waals surface area contributed by atoms with E-state index in [1.54, 1.807) is 6.20 Å². The van der Waals surface area contributed by atoms with E-state index in [9.17, 15) is 9.59 Å². The lowest BCUT2D eigenvalue weighted by molar-refractivity contribution is 0.0542. The third-order valence-corrected chi connectivity index (χ3v) is 6.79. The lowest BCUT2D eigenvalue weighted by Gasteiger charge is -2.19. The van der Waals surface area contributed by atoms with Crippen molar-refractivity contribution in [1.82, 2.24) is 13.7 Å². The maximum absolute atomic E-state index is 13.1. The van der Waals surface area contributed by atoms with Crippen molar-refractivity contribution in [3.63, 3.8) is 0 Å². The third-order valence-electron chi connectivity index (χ3n) is 6.27. The number of halogens is 1. The van der Waals surface area contributed by atoms with E-state index in [4.69, 9.17) is 9.47 Å². The van der Waals surface area contributed by atoms with Gasteiger partial charge in [-0.15, -0.1) is 4.99 Å². The molecule has 0 saturated carbocycles. The van der Waals surface area contributed by atoms with E-state index in [-0.39, 0.29) is 0 Å². The zero-order valence-electron chi connectivity index (χ0n) is 24.0. The number of amides is 1. The standard InChI is InChI=1S/C32H33BrN4O4/c1-31(2,3)40-29(38)34-28-36(26-11-7-8-12-27(26)37(28)23-16-14-22(33)15-17-23)20-21-10-9-13-25-24(21)18-19-35(25)30(39)41-32(4,5)6/h7-19H,20H2,1-6H3/b34-28+. The van der Waals surface area contributed by atoms with Crippen molar-refractivity contribution in [3.05, 3.63) is 94.6 Å². The van der Waals surface area contributed by atoms with Crippen LogP contribution in [0.1, 0.15) is 47.1 Å². The van der Waals surface area contributed by atoms with Gasteiger partial charge in [0.05, 0.1) is 23.1 Å². The zero-order valence-corrected chi connectivity index (χ0v) is 25.6. The molecule has 41 heavy (non-hydrogen) atoms. The first-order valence-corrected chi connectivity index (χ1v) is 14.2. The number of benzene rings is 3. The quantitative estimate of drug-likeness (QED) is 0.207. The Morgan fingerprint density at radius 3 is 2.07 bits per heavy atom. The topological polar surface area (TPSA) is 79.8 Å². The fraction of sp³-hybridized carbons (Fsp3) is 0.281. The van der Waals surface area contributed by atoms with Crippen LogP contribution in [0.3, 0.4) is 0 Å². The van der Waals surface area contributed by atoms with Crippen molar-refractivity contribution in [2.75, 3.05) is 0 Å². The molecule has 0 fully saturated rings. The second-order valence-corrected chi connectivity index (χ2v) is 12.7. The van der Waals surface area contributed by atoms with Gasteiger partial charge in [0, 0.05) is 21.7 Å². The van der Waals surface area contributed by atoms with Crippen molar-refractivity contribution in [2.24, 2.45) is 4.99 Å². The predicted molar refractivity (Wildman–Crippen MR) is 163 cm³/mol. The molecule has 8 nitrogen and oxygen atoms in total. The number of carbonyl (C=O) groups excluding carboxylic acids is 2. The highest BCUT2D eigenvalue weighted by atomic mass is 79.9. The van der Waals surface area contributed by atoms with Gasteiger partial charge in [0.2, 0.25) is 5.62 Å². The van der Waals surface area contributed by atoms with Crippen LogP contribution in [-0.2, 0) is 16.0 Å². The Labute approximate surface area is 247 Å². The van der Waals surface area contributed by atoms with E-state index in [2.05, 4.69) is 20.9 Å². The Kier molecular flexibility index (Phi) is 7.42. The van der Waals surface area contributed by atoms with Crippen molar-refractivity contribution in [3.8, 4) is 5.69 Å². The minimum Gasteiger partial charge on any atom is -0.443 e. The molecular weight excluding hydrogens is 584 g/mol. The molecule has 5 rings (SSSR count). The molecule has 3 aromatic carbocycles. The molecule has 0 bridgehead atoms. The molecule has 212 valence electrons. The molecule has 0 unspecified atom stereocenters. The number of ether oxygens (including phenoxy) is 2. The molecule has 1 amide bonds. The van der Waals surface area contributed by atoms with Gasteiger partial charge in [-0.3, -0.25) is 9.13 Å². The normalized spacial score (nSPS) is 12.7. The fourth-order valence-corrected chi connectivity index (χ4v) is 4.97. The smallest absolute Gasteiger partial charge is 0.437 e. The van der Waals surface area contributed by atoms with E-state index < -0.39 is 23.4 Å². The van der Waals surface area contributed by atoms with E-state index in [0.29, 0.717) is 12.2 Å². The van der Waals surface area contributed by atoms with Crippen LogP contribution < -0.4 is 5.62 Å². The summed E-state index contributed by atoms with van der Waals surface area (Å²) < 4.78 is 17.6. The van der Waals surface area contributed by atoms with Gasteiger partial charge in [-0.2, -0.15) is 0 Å². The number of fused-ring (bicyclic) bond motifs is 2. The van der Waals surface area contributed by atoms with Gasteiger partial charge in [0.25, 0.3) is 0 Å². The van der Waals surface area contributed by atoms with Gasteiger partial charge in [0.1, 0.15) is 11.2 Å². The number of aromatic nitrogens is 3. The van der Waals surface area contributed by atoms with E-state index in [1.165, 1.54) is 4.57 Å². The maximum Gasteiger partial charge on any atom is 0.437 e. The first-order chi connectivity index (χ1) is 19.3. The minimum atomic E-state index is -0.698. The first kappa shape index (κ1) is 28.4. The summed E-state index contributed by atoms with van der Waals surface area (Å²) in [5.74, 6) is 0. The summed E-state index contributed by atoms with van der Waals surface area (Å²) in [5, 5.41) is 0.898. The Morgan fingerprint density at radius 1 is 0.780 bits per heavy atom. The molecule has 0 N–H and O–H groups in total. The Hall–Kier alpha value is -4.11. The molecule has 0 aliphatic heterocycles. The highest BCUT2D eigenvalue weighted by Crippen LogP contribution is 2.25. The van der Waals surface area contributed by atoms with E-state index >= 15 is 0 Å². The van der Waals surface area contributed by atoms with Crippen molar-refractivity contribution in [1.29, 1.82) is 0 Å². The lowest BCUT2D eigenvalue weighted by atomic mass is 10.1. The Balaban J connectivity index is 1.71. The van der Waals surface area contributed by atoms with Crippen LogP contribution >= 0.6 is 15.9 Å². The lowest BCUT2D eigenvalue weighted by Crippen LogP contribution is -2.30. The van der Waals surface area contributed by atoms with Gasteiger partial charge in [-0.25, -0.2) is 9.59 Å². The van der Waals surface area contributed by atoms with Crippen LogP contribution in [-0.4, -0.2) is 37.1 Å². The molecule has 0 atom stereocenters. The first-order valence-electron chi connectivity index (χ1n) is 13.4. The van der Waals surface area contributed by atoms with Crippen LogP contribution in [0, 0.1) is 0 Å². The molecule has 9 heteroatoms. The molecule has 0 aliphatic rings. The molecule has 5 aromatic rings. The van der Waals surface area contributed by atoms with Crippen molar-refractivity contribution < 1.29 is 19.1 Å². The second kappa shape index (κ2) is 10.7. The SMILES string of the molecule is CC(C)(C)OC(=O)/N=c1\n(Cc2cccc3c2ccn3C(=O)OC(C)(C)C)c2ccccc2n1-c1ccc(Br)cc1. The summed E-state index contributed by atoms with van der Waals surface area (Å²) in [4.78, 5) is 30.5. The van der Waals surface area contributed by atoms with Crippen LogP contribution in [0.15, 0.2) is 88.5 Å². The number of rotatable bonds is 3. The number of carbonyl (C=O) groups is 2. The number of hydrogen-bond acceptors (Lipinski definition) is 4. The van der Waals surface area contributed by atoms with Gasteiger partial charge in [-0.05, 0) is 95.6 Å². The zero-order chi connectivity index (χ0) is 29.5. The highest BCUT2D eigenvalue weighted by molar-refractivity contribution is 9.10. The summed E-state index contributed by atoms with van der Waals surface area (Å²) in [5.41, 5.74) is 3.42. The third kappa shape index (κ3) is 6.15. The van der Waals surface area contributed by atoms with Gasteiger partial charge >= 0.3 is 12.2 Å². The number of para-hydroxylation sites is 2. The summed E-state index contributed by atoms with van der Waals surface area (Å²) >= 11 is 3.51. The number of imidazole rings is 1. The summed E-state index contributed by atoms with van der Waals surface area (Å²) in [6.45, 7) is 11.4. The largest absolute Gasteiger partial charge is 0.443 e. The van der Waals surface area contributed by atoms with Crippen LogP contribution in [0.25, 0.3) is 27.6 Å². The van der Waals surface area contributed by atoms with Crippen LogP contribution in [0.2, 0.25) is 0 Å². The van der Waals surface area contributed by atoms with Crippen LogP contribution in [0.5, 0.6) is 0 Å². The highest BCUT2D eigenvalue weighted by Gasteiger charge is 2.22. The summed E-state index contributed by atoms with van der Waals surface area (Å²) in [6, 6.07) is 23.5. The van der Waals surface area contributed by atoms with Crippen molar-refractivity contribution >= 4 is 50.1 Å². The van der Waals surface area contributed by atoms with Crippen LogP contribution in [0.4, 0.5) is 9.59 Å². The molecule has 2 aromatic heterocycles. The molecule has 0 spiro atoms. The monoisotopic (exact) mass is 616 g/mol. The van der Waals surface area contributed by atoms with Crippen molar-refractivity contribution in [2.45, 2.75) is 59.3 Å². The van der Waals surface area contributed by atoms with Gasteiger partial charge in [0.15, 0.2) is 0 Å². The average molecular weight is 618 g/mol. The predicted octanol–water partition coefficient (Wildman–Crippen LogP) is 7.82. The second-order valence-electron chi connectivity index (χ2n) is 11.8. The summed E-state index contributed by atoms with van der Waals surface area (Å²) in [7, 11) is 0. The van der Waals surface area contributed by atoms with E-state index in [0.717, 1.165) is 37.7 Å².